The Balaban J connectivity index is 2.07. The molecule has 0 atom stereocenters. The van der Waals surface area contributed by atoms with Gasteiger partial charge < -0.3 is 19.9 Å². The molecule has 0 aromatic heterocycles. The molecule has 1 rings (SSSR count). The van der Waals surface area contributed by atoms with E-state index in [1.807, 2.05) is 0 Å². The normalized spacial score (nSPS) is 10.1. The average Bonchev–Trinajstić information content (AvgIpc) is 2.38. The van der Waals surface area contributed by atoms with E-state index in [1.54, 1.807) is 24.3 Å². The van der Waals surface area contributed by atoms with Crippen LogP contribution in [0.4, 0.5) is 0 Å². The number of rotatable bonds is 9. The van der Waals surface area contributed by atoms with Crippen molar-refractivity contribution in [2.24, 2.45) is 0 Å². The van der Waals surface area contributed by atoms with Crippen molar-refractivity contribution in [2.45, 2.75) is 6.42 Å². The standard InChI is InChI=1S/C13H16ClNO5/c14-10-2-1-3-11(8-10)20-6-4-12(16)15-5-7-19-9-13(17)18/h1-3,8H,4-7,9H2,(H,15,16)(H,17,18). The molecule has 2 N–H and O–H groups in total. The summed E-state index contributed by atoms with van der Waals surface area (Å²) in [6.45, 7) is 0.298. The van der Waals surface area contributed by atoms with Crippen LogP contribution in [0.15, 0.2) is 24.3 Å². The Morgan fingerprint density at radius 3 is 2.80 bits per heavy atom. The molecule has 110 valence electrons. The number of carbonyl (C=O) groups excluding carboxylic acids is 1. The predicted molar refractivity (Wildman–Crippen MR) is 73.0 cm³/mol. The minimum atomic E-state index is -1.04. The summed E-state index contributed by atoms with van der Waals surface area (Å²) in [5.41, 5.74) is 0. The molecule has 0 aliphatic carbocycles. The minimum absolute atomic E-state index is 0.160. The lowest BCUT2D eigenvalue weighted by Crippen LogP contribution is -2.29. The molecule has 1 aromatic rings. The van der Waals surface area contributed by atoms with Gasteiger partial charge in [0.15, 0.2) is 0 Å². The molecule has 0 saturated heterocycles. The van der Waals surface area contributed by atoms with E-state index >= 15 is 0 Å². The Morgan fingerprint density at radius 1 is 1.30 bits per heavy atom. The number of amides is 1. The summed E-state index contributed by atoms with van der Waals surface area (Å²) >= 11 is 5.79. The Bertz CT molecular complexity index is 452. The largest absolute Gasteiger partial charge is 0.493 e. The molecule has 0 aliphatic heterocycles. The summed E-state index contributed by atoms with van der Waals surface area (Å²) in [6.07, 6.45) is 0.200. The van der Waals surface area contributed by atoms with Crippen molar-refractivity contribution in [3.8, 4) is 5.75 Å². The van der Waals surface area contributed by atoms with E-state index in [4.69, 9.17) is 26.2 Å². The van der Waals surface area contributed by atoms with Gasteiger partial charge >= 0.3 is 5.97 Å². The molecular weight excluding hydrogens is 286 g/mol. The second-order valence-corrected chi connectivity index (χ2v) is 4.29. The maximum absolute atomic E-state index is 11.4. The number of nitrogens with one attached hydrogen (secondary N) is 1. The van der Waals surface area contributed by atoms with Gasteiger partial charge in [-0.3, -0.25) is 4.79 Å². The molecule has 0 saturated carbocycles. The SMILES string of the molecule is O=C(O)COCCNC(=O)CCOc1cccc(Cl)c1. The van der Waals surface area contributed by atoms with Gasteiger partial charge in [0.25, 0.3) is 0 Å². The van der Waals surface area contributed by atoms with Crippen molar-refractivity contribution in [3.63, 3.8) is 0 Å². The highest BCUT2D eigenvalue weighted by atomic mass is 35.5. The summed E-state index contributed by atoms with van der Waals surface area (Å²) in [5, 5.41) is 11.5. The van der Waals surface area contributed by atoms with Crippen LogP contribution in [0, 0.1) is 0 Å². The molecule has 0 bridgehead atoms. The van der Waals surface area contributed by atoms with Crippen LogP contribution in [0.25, 0.3) is 0 Å². The topological polar surface area (TPSA) is 84.9 Å². The first kappa shape index (κ1) is 16.3. The summed E-state index contributed by atoms with van der Waals surface area (Å²) in [5.74, 6) is -0.618. The number of hydrogen-bond acceptors (Lipinski definition) is 4. The molecule has 0 fully saturated rings. The van der Waals surface area contributed by atoms with E-state index in [2.05, 4.69) is 5.32 Å². The van der Waals surface area contributed by atoms with Crippen molar-refractivity contribution >= 4 is 23.5 Å². The van der Waals surface area contributed by atoms with Gasteiger partial charge in [0.2, 0.25) is 5.91 Å². The van der Waals surface area contributed by atoms with E-state index in [-0.39, 0.29) is 38.7 Å². The second kappa shape index (κ2) is 9.17. The number of carboxylic acids is 1. The molecule has 1 amide bonds. The van der Waals surface area contributed by atoms with E-state index in [0.29, 0.717) is 10.8 Å². The van der Waals surface area contributed by atoms with Gasteiger partial charge in [-0.1, -0.05) is 17.7 Å². The Labute approximate surface area is 121 Å². The average molecular weight is 302 g/mol. The lowest BCUT2D eigenvalue weighted by molar-refractivity contribution is -0.142. The first-order valence-electron chi connectivity index (χ1n) is 6.02. The van der Waals surface area contributed by atoms with Gasteiger partial charge in [-0.2, -0.15) is 0 Å². The van der Waals surface area contributed by atoms with Crippen LogP contribution < -0.4 is 10.1 Å². The predicted octanol–water partition coefficient (Wildman–Crippen LogP) is 1.33. The third-order valence-electron chi connectivity index (χ3n) is 2.19. The van der Waals surface area contributed by atoms with Crippen LogP contribution in [-0.4, -0.2) is 43.3 Å². The van der Waals surface area contributed by atoms with Gasteiger partial charge in [-0.05, 0) is 18.2 Å². The highest BCUT2D eigenvalue weighted by Gasteiger charge is 2.02. The summed E-state index contributed by atoms with van der Waals surface area (Å²) < 4.78 is 10.1. The summed E-state index contributed by atoms with van der Waals surface area (Å²) in [6, 6.07) is 6.92. The quantitative estimate of drug-likeness (QED) is 0.672. The summed E-state index contributed by atoms with van der Waals surface area (Å²) in [4.78, 5) is 21.6. The molecule has 0 radical (unpaired) electrons. The first-order chi connectivity index (χ1) is 9.58. The third kappa shape index (κ3) is 7.60. The Morgan fingerprint density at radius 2 is 2.10 bits per heavy atom. The zero-order valence-corrected chi connectivity index (χ0v) is 11.6. The molecule has 0 spiro atoms. The maximum atomic E-state index is 11.4. The van der Waals surface area contributed by atoms with Crippen molar-refractivity contribution in [1.82, 2.24) is 5.32 Å². The second-order valence-electron chi connectivity index (χ2n) is 3.85. The van der Waals surface area contributed by atoms with Crippen molar-refractivity contribution in [3.05, 3.63) is 29.3 Å². The molecule has 20 heavy (non-hydrogen) atoms. The number of carboxylic acid groups (broad SMARTS) is 1. The highest BCUT2D eigenvalue weighted by Crippen LogP contribution is 2.16. The lowest BCUT2D eigenvalue weighted by Gasteiger charge is -2.07. The zero-order chi connectivity index (χ0) is 14.8. The van der Waals surface area contributed by atoms with Crippen LogP contribution in [0.1, 0.15) is 6.42 Å². The number of halogens is 1. The maximum Gasteiger partial charge on any atom is 0.329 e. The van der Waals surface area contributed by atoms with Crippen LogP contribution in [-0.2, 0) is 14.3 Å². The van der Waals surface area contributed by atoms with Gasteiger partial charge in [0, 0.05) is 11.6 Å². The zero-order valence-electron chi connectivity index (χ0n) is 10.8. The number of carbonyl (C=O) groups is 2. The fourth-order valence-corrected chi connectivity index (χ4v) is 1.51. The number of ether oxygens (including phenoxy) is 2. The van der Waals surface area contributed by atoms with Crippen LogP contribution in [0.2, 0.25) is 5.02 Å². The van der Waals surface area contributed by atoms with Gasteiger partial charge in [-0.15, -0.1) is 0 Å². The van der Waals surface area contributed by atoms with Crippen molar-refractivity contribution in [2.75, 3.05) is 26.4 Å². The van der Waals surface area contributed by atoms with Gasteiger partial charge in [-0.25, -0.2) is 4.79 Å². The number of hydrogen-bond donors (Lipinski definition) is 2. The molecule has 0 unspecified atom stereocenters. The van der Waals surface area contributed by atoms with Crippen LogP contribution in [0.5, 0.6) is 5.75 Å². The van der Waals surface area contributed by atoms with E-state index in [1.165, 1.54) is 0 Å². The molecule has 6 nitrogen and oxygen atoms in total. The highest BCUT2D eigenvalue weighted by molar-refractivity contribution is 6.30. The fraction of sp³-hybridized carbons (Fsp3) is 0.385. The fourth-order valence-electron chi connectivity index (χ4n) is 1.33. The van der Waals surface area contributed by atoms with Crippen molar-refractivity contribution in [1.29, 1.82) is 0 Å². The molecule has 0 aliphatic rings. The van der Waals surface area contributed by atoms with E-state index < -0.39 is 5.97 Å². The summed E-state index contributed by atoms with van der Waals surface area (Å²) in [7, 11) is 0. The molecule has 0 heterocycles. The smallest absolute Gasteiger partial charge is 0.329 e. The number of benzene rings is 1. The van der Waals surface area contributed by atoms with Gasteiger partial charge in [0.05, 0.1) is 19.6 Å². The minimum Gasteiger partial charge on any atom is -0.493 e. The van der Waals surface area contributed by atoms with Crippen LogP contribution >= 0.6 is 11.6 Å². The van der Waals surface area contributed by atoms with E-state index in [9.17, 15) is 9.59 Å². The molecule has 1 aromatic carbocycles. The molecule has 7 heteroatoms. The lowest BCUT2D eigenvalue weighted by atomic mass is 10.3. The number of aliphatic carboxylic acids is 1. The molecular formula is C13H16ClNO5. The third-order valence-corrected chi connectivity index (χ3v) is 2.42. The Hall–Kier alpha value is -1.79. The first-order valence-corrected chi connectivity index (χ1v) is 6.40. The van der Waals surface area contributed by atoms with E-state index in [0.717, 1.165) is 0 Å². The van der Waals surface area contributed by atoms with Crippen molar-refractivity contribution < 1.29 is 24.2 Å². The Kier molecular flexibility index (Phi) is 7.46. The monoisotopic (exact) mass is 301 g/mol. The van der Waals surface area contributed by atoms with Gasteiger partial charge in [0.1, 0.15) is 12.4 Å². The van der Waals surface area contributed by atoms with Crippen LogP contribution in [0.3, 0.4) is 0 Å².